The van der Waals surface area contributed by atoms with Crippen molar-refractivity contribution in [2.75, 3.05) is 5.32 Å². The van der Waals surface area contributed by atoms with Crippen molar-refractivity contribution in [2.45, 2.75) is 12.5 Å². The van der Waals surface area contributed by atoms with Gasteiger partial charge in [0.15, 0.2) is 6.04 Å². The van der Waals surface area contributed by atoms with E-state index in [9.17, 15) is 9.90 Å². The lowest BCUT2D eigenvalue weighted by atomic mass is 10.0. The van der Waals surface area contributed by atoms with E-state index in [1.165, 1.54) is 0 Å². The minimum absolute atomic E-state index is 0.728. The molecule has 0 aliphatic rings. The Labute approximate surface area is 118 Å². The van der Waals surface area contributed by atoms with Gasteiger partial charge in [0.25, 0.3) is 0 Å². The van der Waals surface area contributed by atoms with Crippen molar-refractivity contribution >= 4 is 11.7 Å². The zero-order valence-electron chi connectivity index (χ0n) is 11.1. The Hall–Kier alpha value is -2.55. The quantitative estimate of drug-likeness (QED) is 0.785. The average molecular weight is 267 g/mol. The number of anilines is 1. The van der Waals surface area contributed by atoms with E-state index in [-0.39, 0.29) is 0 Å². The molecule has 0 spiro atoms. The Morgan fingerprint density at radius 3 is 2.60 bits per heavy atom. The van der Waals surface area contributed by atoms with Crippen molar-refractivity contribution < 1.29 is 9.90 Å². The lowest BCUT2D eigenvalue weighted by molar-refractivity contribution is -0.138. The van der Waals surface area contributed by atoms with Crippen LogP contribution < -0.4 is 5.32 Å². The third-order valence-electron chi connectivity index (χ3n) is 3.00. The Bertz CT molecular complexity index is 593. The molecule has 0 radical (unpaired) electrons. The Balaban J connectivity index is 2.26. The first-order chi connectivity index (χ1) is 9.70. The van der Waals surface area contributed by atoms with Crippen molar-refractivity contribution in [1.29, 1.82) is 0 Å². The smallest absolute Gasteiger partial charge is 0.330 e. The molecule has 0 bridgehead atoms. The fourth-order valence-electron chi connectivity index (χ4n) is 2.06. The van der Waals surface area contributed by atoms with Crippen LogP contribution in [0.5, 0.6) is 0 Å². The van der Waals surface area contributed by atoms with Gasteiger partial charge in [-0.25, -0.2) is 4.79 Å². The number of nitrogens with one attached hydrogen (secondary N) is 1. The van der Waals surface area contributed by atoms with Gasteiger partial charge in [-0.1, -0.05) is 48.5 Å². The molecule has 2 rings (SSSR count). The number of hydrogen-bond donors (Lipinski definition) is 2. The van der Waals surface area contributed by atoms with Gasteiger partial charge in [-0.05, 0) is 29.7 Å². The van der Waals surface area contributed by atoms with Crippen molar-refractivity contribution in [3.63, 3.8) is 0 Å². The monoisotopic (exact) mass is 267 g/mol. The summed E-state index contributed by atoms with van der Waals surface area (Å²) in [6.07, 6.45) is 2.53. The molecule has 0 fully saturated rings. The fraction of sp³-hybridized carbons (Fsp3) is 0.118. The highest BCUT2D eigenvalue weighted by atomic mass is 16.4. The number of carboxylic acids is 1. The molecule has 2 N–H and O–H groups in total. The molecule has 102 valence electrons. The number of rotatable bonds is 6. The van der Waals surface area contributed by atoms with Gasteiger partial charge < -0.3 is 10.4 Å². The molecule has 0 aliphatic heterocycles. The highest BCUT2D eigenvalue weighted by Gasteiger charge is 2.19. The maximum Gasteiger partial charge on any atom is 0.330 e. The van der Waals surface area contributed by atoms with Crippen molar-refractivity contribution in [3.8, 4) is 0 Å². The maximum absolute atomic E-state index is 11.5. The predicted octanol–water partition coefficient (Wildman–Crippen LogP) is 3.65. The zero-order valence-corrected chi connectivity index (χ0v) is 11.1. The second-order valence-electron chi connectivity index (χ2n) is 4.52. The second kappa shape index (κ2) is 6.57. The third kappa shape index (κ3) is 3.48. The first kappa shape index (κ1) is 13.9. The molecule has 1 atom stereocenters. The van der Waals surface area contributed by atoms with Gasteiger partial charge in [-0.2, -0.15) is 0 Å². The van der Waals surface area contributed by atoms with E-state index < -0.39 is 12.0 Å². The lowest BCUT2D eigenvalue weighted by Crippen LogP contribution is -2.20. The lowest BCUT2D eigenvalue weighted by Gasteiger charge is -2.17. The molecule has 0 aromatic heterocycles. The molecule has 0 saturated heterocycles. The van der Waals surface area contributed by atoms with Crippen LogP contribution in [0.15, 0.2) is 67.3 Å². The highest BCUT2D eigenvalue weighted by molar-refractivity contribution is 5.79. The van der Waals surface area contributed by atoms with Crippen LogP contribution in [0.2, 0.25) is 0 Å². The molecular formula is C17H17NO2. The number of hydrogen-bond acceptors (Lipinski definition) is 2. The van der Waals surface area contributed by atoms with Gasteiger partial charge >= 0.3 is 5.97 Å². The Morgan fingerprint density at radius 1 is 1.20 bits per heavy atom. The van der Waals surface area contributed by atoms with E-state index in [0.717, 1.165) is 23.2 Å². The van der Waals surface area contributed by atoms with Crippen LogP contribution in [0, 0.1) is 0 Å². The summed E-state index contributed by atoms with van der Waals surface area (Å²) in [6, 6.07) is 16.1. The summed E-state index contributed by atoms with van der Waals surface area (Å²) in [6.45, 7) is 3.70. The topological polar surface area (TPSA) is 49.3 Å². The third-order valence-corrected chi connectivity index (χ3v) is 3.00. The number of para-hydroxylation sites is 1. The molecule has 3 nitrogen and oxygen atoms in total. The van der Waals surface area contributed by atoms with Gasteiger partial charge in [0.2, 0.25) is 0 Å². The molecule has 1 unspecified atom stereocenters. The fourth-order valence-corrected chi connectivity index (χ4v) is 2.06. The summed E-state index contributed by atoms with van der Waals surface area (Å²) in [7, 11) is 0. The first-order valence-corrected chi connectivity index (χ1v) is 6.45. The van der Waals surface area contributed by atoms with Crippen LogP contribution in [0.25, 0.3) is 0 Å². The van der Waals surface area contributed by atoms with E-state index in [1.807, 2.05) is 54.6 Å². The minimum atomic E-state index is -0.899. The van der Waals surface area contributed by atoms with Gasteiger partial charge in [-0.3, -0.25) is 0 Å². The van der Waals surface area contributed by atoms with E-state index >= 15 is 0 Å². The largest absolute Gasteiger partial charge is 0.479 e. The molecule has 2 aromatic rings. The normalized spacial score (nSPS) is 11.6. The average Bonchev–Trinajstić information content (AvgIpc) is 2.46. The van der Waals surface area contributed by atoms with Gasteiger partial charge in [0.1, 0.15) is 0 Å². The van der Waals surface area contributed by atoms with Crippen LogP contribution in [0.1, 0.15) is 17.2 Å². The van der Waals surface area contributed by atoms with Crippen LogP contribution in [0.4, 0.5) is 5.69 Å². The SMILES string of the molecule is C=CCc1cccc(C(Nc2ccccc2)C(=O)O)c1. The van der Waals surface area contributed by atoms with Gasteiger partial charge in [0.05, 0.1) is 0 Å². The molecule has 0 saturated carbocycles. The van der Waals surface area contributed by atoms with Crippen molar-refractivity contribution in [3.05, 3.63) is 78.4 Å². The number of benzene rings is 2. The second-order valence-corrected chi connectivity index (χ2v) is 4.52. The summed E-state index contributed by atoms with van der Waals surface area (Å²) in [5.41, 5.74) is 2.58. The van der Waals surface area contributed by atoms with Crippen LogP contribution in [0.3, 0.4) is 0 Å². The summed E-state index contributed by atoms with van der Waals surface area (Å²) in [5.74, 6) is -0.899. The van der Waals surface area contributed by atoms with Crippen LogP contribution in [-0.2, 0) is 11.2 Å². The van der Waals surface area contributed by atoms with Crippen molar-refractivity contribution in [2.24, 2.45) is 0 Å². The number of allylic oxidation sites excluding steroid dienone is 1. The first-order valence-electron chi connectivity index (χ1n) is 6.45. The van der Waals surface area contributed by atoms with Gasteiger partial charge in [0, 0.05) is 5.69 Å². The van der Waals surface area contributed by atoms with Crippen LogP contribution >= 0.6 is 0 Å². The van der Waals surface area contributed by atoms with E-state index in [0.29, 0.717) is 0 Å². The standard InChI is InChI=1S/C17H17NO2/c1-2-7-13-8-6-9-14(12-13)16(17(19)20)18-15-10-4-3-5-11-15/h2-6,8-12,16,18H,1,7H2,(H,19,20). The molecular weight excluding hydrogens is 250 g/mol. The Kier molecular flexibility index (Phi) is 4.56. The molecule has 3 heteroatoms. The van der Waals surface area contributed by atoms with E-state index in [2.05, 4.69) is 11.9 Å². The molecule has 20 heavy (non-hydrogen) atoms. The number of carbonyl (C=O) groups is 1. The van der Waals surface area contributed by atoms with E-state index in [1.54, 1.807) is 6.08 Å². The summed E-state index contributed by atoms with van der Waals surface area (Å²) in [5, 5.41) is 12.5. The summed E-state index contributed by atoms with van der Waals surface area (Å²) in [4.78, 5) is 11.5. The van der Waals surface area contributed by atoms with Crippen molar-refractivity contribution in [1.82, 2.24) is 0 Å². The van der Waals surface area contributed by atoms with E-state index in [4.69, 9.17) is 0 Å². The zero-order chi connectivity index (χ0) is 14.4. The molecule has 0 heterocycles. The maximum atomic E-state index is 11.5. The molecule has 0 aliphatic carbocycles. The highest BCUT2D eigenvalue weighted by Crippen LogP contribution is 2.21. The number of aliphatic carboxylic acids is 1. The minimum Gasteiger partial charge on any atom is -0.479 e. The summed E-state index contributed by atoms with van der Waals surface area (Å²) >= 11 is 0. The van der Waals surface area contributed by atoms with Crippen LogP contribution in [-0.4, -0.2) is 11.1 Å². The summed E-state index contributed by atoms with van der Waals surface area (Å²) < 4.78 is 0. The number of carboxylic acid groups (broad SMARTS) is 1. The van der Waals surface area contributed by atoms with Gasteiger partial charge in [-0.15, -0.1) is 6.58 Å². The Morgan fingerprint density at radius 2 is 1.95 bits per heavy atom. The molecule has 2 aromatic carbocycles. The molecule has 0 amide bonds. The predicted molar refractivity (Wildman–Crippen MR) is 80.8 cm³/mol.